The van der Waals surface area contributed by atoms with Gasteiger partial charge in [0.05, 0.1) is 16.8 Å². The molecule has 3 rings (SSSR count). The number of nitrogens with zero attached hydrogens (tertiary/aromatic N) is 1. The van der Waals surface area contributed by atoms with Gasteiger partial charge >= 0.3 is 0 Å². The lowest BCUT2D eigenvalue weighted by molar-refractivity contribution is -0.125. The standard InChI is InChI=1S/C14H17N3OS/c18-14(10-5-7-15-8-6-10)16-9-13-17-11-3-1-2-4-12(11)19-13/h1-4,10,15H,5-9H2,(H,16,18). The van der Waals surface area contributed by atoms with E-state index in [1.54, 1.807) is 11.3 Å². The Balaban J connectivity index is 1.60. The highest BCUT2D eigenvalue weighted by Gasteiger charge is 2.20. The van der Waals surface area contributed by atoms with Crippen molar-refractivity contribution in [3.05, 3.63) is 29.3 Å². The van der Waals surface area contributed by atoms with Crippen molar-refractivity contribution in [1.82, 2.24) is 15.6 Å². The third-order valence-corrected chi connectivity index (χ3v) is 4.50. The third kappa shape index (κ3) is 2.93. The fraction of sp³-hybridized carbons (Fsp3) is 0.429. The predicted molar refractivity (Wildman–Crippen MR) is 77.1 cm³/mol. The van der Waals surface area contributed by atoms with Gasteiger partial charge in [0, 0.05) is 5.92 Å². The Morgan fingerprint density at radius 2 is 2.16 bits per heavy atom. The second-order valence-electron chi connectivity index (χ2n) is 4.82. The van der Waals surface area contributed by atoms with Crippen molar-refractivity contribution in [3.63, 3.8) is 0 Å². The van der Waals surface area contributed by atoms with E-state index in [-0.39, 0.29) is 11.8 Å². The highest BCUT2D eigenvalue weighted by molar-refractivity contribution is 7.18. The average Bonchev–Trinajstić information content (AvgIpc) is 2.88. The van der Waals surface area contributed by atoms with Gasteiger partial charge in [-0.1, -0.05) is 12.1 Å². The van der Waals surface area contributed by atoms with E-state index in [1.807, 2.05) is 18.2 Å². The molecule has 0 radical (unpaired) electrons. The summed E-state index contributed by atoms with van der Waals surface area (Å²) in [6.45, 7) is 2.43. The van der Waals surface area contributed by atoms with Crippen LogP contribution in [0.5, 0.6) is 0 Å². The normalized spacial score (nSPS) is 16.6. The first kappa shape index (κ1) is 12.6. The highest BCUT2D eigenvalue weighted by Crippen LogP contribution is 2.21. The number of fused-ring (bicyclic) bond motifs is 1. The summed E-state index contributed by atoms with van der Waals surface area (Å²) in [5.74, 6) is 0.330. The van der Waals surface area contributed by atoms with Crippen LogP contribution in [0.3, 0.4) is 0 Å². The van der Waals surface area contributed by atoms with Crippen LogP contribution in [0, 0.1) is 5.92 Å². The summed E-state index contributed by atoms with van der Waals surface area (Å²) in [6.07, 6.45) is 1.87. The number of hydrogen-bond acceptors (Lipinski definition) is 4. The maximum absolute atomic E-state index is 12.0. The lowest BCUT2D eigenvalue weighted by Crippen LogP contribution is -2.37. The molecule has 1 aromatic heterocycles. The van der Waals surface area contributed by atoms with E-state index in [2.05, 4.69) is 21.7 Å². The molecule has 0 aliphatic carbocycles. The fourth-order valence-electron chi connectivity index (χ4n) is 2.39. The van der Waals surface area contributed by atoms with Gasteiger partial charge in [-0.25, -0.2) is 4.98 Å². The van der Waals surface area contributed by atoms with Crippen LogP contribution in [-0.4, -0.2) is 24.0 Å². The Labute approximate surface area is 116 Å². The van der Waals surface area contributed by atoms with Gasteiger partial charge in [0.1, 0.15) is 5.01 Å². The summed E-state index contributed by atoms with van der Waals surface area (Å²) in [4.78, 5) is 16.5. The Morgan fingerprint density at radius 3 is 2.95 bits per heavy atom. The second kappa shape index (κ2) is 5.67. The minimum Gasteiger partial charge on any atom is -0.349 e. The van der Waals surface area contributed by atoms with Crippen molar-refractivity contribution in [2.24, 2.45) is 5.92 Å². The number of amides is 1. The monoisotopic (exact) mass is 275 g/mol. The molecule has 1 aromatic carbocycles. The molecule has 1 fully saturated rings. The van der Waals surface area contributed by atoms with Crippen LogP contribution >= 0.6 is 11.3 Å². The van der Waals surface area contributed by atoms with Crippen LogP contribution in [0.2, 0.25) is 0 Å². The zero-order valence-corrected chi connectivity index (χ0v) is 11.5. The number of rotatable bonds is 3. The van der Waals surface area contributed by atoms with Gasteiger partial charge in [0.25, 0.3) is 0 Å². The Bertz CT molecular complexity index is 542. The molecule has 0 bridgehead atoms. The van der Waals surface area contributed by atoms with Crippen molar-refractivity contribution in [1.29, 1.82) is 0 Å². The largest absolute Gasteiger partial charge is 0.349 e. The topological polar surface area (TPSA) is 54.0 Å². The maximum Gasteiger partial charge on any atom is 0.223 e. The first-order chi connectivity index (χ1) is 9.33. The van der Waals surface area contributed by atoms with Gasteiger partial charge in [-0.2, -0.15) is 0 Å². The van der Waals surface area contributed by atoms with E-state index >= 15 is 0 Å². The number of carbonyl (C=O) groups is 1. The van der Waals surface area contributed by atoms with Crippen LogP contribution in [0.25, 0.3) is 10.2 Å². The third-order valence-electron chi connectivity index (χ3n) is 3.46. The fourth-order valence-corrected chi connectivity index (χ4v) is 3.29. The zero-order valence-electron chi connectivity index (χ0n) is 10.7. The molecule has 2 heterocycles. The summed E-state index contributed by atoms with van der Waals surface area (Å²) < 4.78 is 1.17. The molecular weight excluding hydrogens is 258 g/mol. The van der Waals surface area contributed by atoms with E-state index in [9.17, 15) is 4.79 Å². The number of aromatic nitrogens is 1. The first-order valence-corrected chi connectivity index (χ1v) is 7.47. The molecule has 19 heavy (non-hydrogen) atoms. The minimum atomic E-state index is 0.163. The van der Waals surface area contributed by atoms with Crippen molar-refractivity contribution in [3.8, 4) is 0 Å². The molecule has 0 unspecified atom stereocenters. The average molecular weight is 275 g/mol. The molecule has 2 aromatic rings. The summed E-state index contributed by atoms with van der Waals surface area (Å²) in [7, 11) is 0. The predicted octanol–water partition coefficient (Wildman–Crippen LogP) is 1.91. The number of nitrogens with one attached hydrogen (secondary N) is 2. The van der Waals surface area contributed by atoms with E-state index in [4.69, 9.17) is 0 Å². The second-order valence-corrected chi connectivity index (χ2v) is 5.93. The number of thiazole rings is 1. The van der Waals surface area contributed by atoms with Crippen molar-refractivity contribution in [2.45, 2.75) is 19.4 Å². The molecule has 1 amide bonds. The van der Waals surface area contributed by atoms with Crippen molar-refractivity contribution < 1.29 is 4.79 Å². The molecule has 1 aliphatic rings. The summed E-state index contributed by atoms with van der Waals surface area (Å²) in [5.41, 5.74) is 1.01. The van der Waals surface area contributed by atoms with Crippen LogP contribution in [0.4, 0.5) is 0 Å². The number of carbonyl (C=O) groups excluding carboxylic acids is 1. The van der Waals surface area contributed by atoms with Crippen LogP contribution < -0.4 is 10.6 Å². The molecule has 1 saturated heterocycles. The molecule has 2 N–H and O–H groups in total. The Morgan fingerprint density at radius 1 is 1.37 bits per heavy atom. The van der Waals surface area contributed by atoms with Gasteiger partial charge in [0.15, 0.2) is 0 Å². The van der Waals surface area contributed by atoms with E-state index in [0.29, 0.717) is 6.54 Å². The summed E-state index contributed by atoms with van der Waals surface area (Å²) in [6, 6.07) is 8.06. The summed E-state index contributed by atoms with van der Waals surface area (Å²) in [5, 5.41) is 7.26. The summed E-state index contributed by atoms with van der Waals surface area (Å²) >= 11 is 1.65. The van der Waals surface area contributed by atoms with Crippen LogP contribution in [0.1, 0.15) is 17.8 Å². The smallest absolute Gasteiger partial charge is 0.223 e. The Kier molecular flexibility index (Phi) is 3.75. The zero-order chi connectivity index (χ0) is 13.1. The number of piperidine rings is 1. The molecule has 0 saturated carbocycles. The number of hydrogen-bond donors (Lipinski definition) is 2. The maximum atomic E-state index is 12.0. The van der Waals surface area contributed by atoms with E-state index in [0.717, 1.165) is 36.5 Å². The molecular formula is C14H17N3OS. The SMILES string of the molecule is O=C(NCc1nc2ccccc2s1)C1CCNCC1. The van der Waals surface area contributed by atoms with Crippen molar-refractivity contribution >= 4 is 27.5 Å². The van der Waals surface area contributed by atoms with Gasteiger partial charge in [-0.3, -0.25) is 4.79 Å². The molecule has 4 nitrogen and oxygen atoms in total. The number of benzene rings is 1. The quantitative estimate of drug-likeness (QED) is 0.899. The van der Waals surface area contributed by atoms with Crippen LogP contribution in [0.15, 0.2) is 24.3 Å². The lowest BCUT2D eigenvalue weighted by atomic mass is 9.97. The van der Waals surface area contributed by atoms with E-state index in [1.165, 1.54) is 4.70 Å². The molecule has 0 spiro atoms. The lowest BCUT2D eigenvalue weighted by Gasteiger charge is -2.21. The molecule has 0 atom stereocenters. The van der Waals surface area contributed by atoms with Crippen LogP contribution in [-0.2, 0) is 11.3 Å². The number of para-hydroxylation sites is 1. The molecule has 1 aliphatic heterocycles. The van der Waals surface area contributed by atoms with Gasteiger partial charge in [-0.15, -0.1) is 11.3 Å². The Hall–Kier alpha value is -1.46. The molecule has 100 valence electrons. The van der Waals surface area contributed by atoms with Gasteiger partial charge in [-0.05, 0) is 38.1 Å². The van der Waals surface area contributed by atoms with E-state index < -0.39 is 0 Å². The van der Waals surface area contributed by atoms with Gasteiger partial charge < -0.3 is 10.6 Å². The first-order valence-electron chi connectivity index (χ1n) is 6.66. The minimum absolute atomic E-state index is 0.163. The molecule has 5 heteroatoms. The highest BCUT2D eigenvalue weighted by atomic mass is 32.1. The van der Waals surface area contributed by atoms with Gasteiger partial charge in [0.2, 0.25) is 5.91 Å². The van der Waals surface area contributed by atoms with Crippen molar-refractivity contribution in [2.75, 3.05) is 13.1 Å².